The van der Waals surface area contributed by atoms with E-state index in [1.165, 1.54) is 0 Å². The van der Waals surface area contributed by atoms with Crippen molar-refractivity contribution in [2.45, 2.75) is 0 Å². The van der Waals surface area contributed by atoms with Crippen molar-refractivity contribution in [1.29, 1.82) is 0 Å². The number of benzene rings is 7. The van der Waals surface area contributed by atoms with Crippen LogP contribution in [0.25, 0.3) is 88.4 Å². The summed E-state index contributed by atoms with van der Waals surface area (Å²) in [6.07, 6.45) is 0. The fourth-order valence-corrected chi connectivity index (χ4v) is 6.90. The predicted molar refractivity (Wildman–Crippen MR) is 183 cm³/mol. The van der Waals surface area contributed by atoms with Gasteiger partial charge in [0.05, 0.1) is 0 Å². The summed E-state index contributed by atoms with van der Waals surface area (Å²) in [6, 6.07) is 50.8. The smallest absolute Gasteiger partial charge is 0.136 e. The van der Waals surface area contributed by atoms with Crippen LogP contribution < -0.4 is 4.74 Å². The van der Waals surface area contributed by atoms with Gasteiger partial charge in [0.15, 0.2) is 0 Å². The minimum atomic E-state index is 0.839. The van der Waals surface area contributed by atoms with Crippen LogP contribution in [0.5, 0.6) is 11.5 Å². The zero-order chi connectivity index (χ0) is 29.5. The van der Waals surface area contributed by atoms with Crippen LogP contribution in [0.15, 0.2) is 154 Å². The van der Waals surface area contributed by atoms with Gasteiger partial charge in [-0.15, -0.1) is 0 Å². The first-order chi connectivity index (χ1) is 22.3. The molecule has 3 heterocycles. The molecule has 0 N–H and O–H groups in total. The number of hydrogen-bond acceptors (Lipinski definition) is 3. The Kier molecular flexibility index (Phi) is 5.00. The van der Waals surface area contributed by atoms with Gasteiger partial charge in [-0.1, -0.05) is 84.9 Å². The molecule has 7 aromatic carbocycles. The van der Waals surface area contributed by atoms with Gasteiger partial charge >= 0.3 is 0 Å². The van der Waals surface area contributed by atoms with Crippen LogP contribution in [-0.4, -0.2) is 0 Å². The third-order valence-corrected chi connectivity index (χ3v) is 9.11. The third kappa shape index (κ3) is 3.71. The molecule has 210 valence electrons. The van der Waals surface area contributed by atoms with E-state index >= 15 is 0 Å². The molecule has 0 bridgehead atoms. The first kappa shape index (κ1) is 24.4. The van der Waals surface area contributed by atoms with Crippen LogP contribution in [0.3, 0.4) is 0 Å². The number of para-hydroxylation sites is 2. The Morgan fingerprint density at radius 3 is 1.20 bits per heavy atom. The summed E-state index contributed by atoms with van der Waals surface area (Å²) in [6.45, 7) is 0. The topological polar surface area (TPSA) is 35.5 Å². The van der Waals surface area contributed by atoms with Crippen LogP contribution in [0.2, 0.25) is 0 Å². The zero-order valence-corrected chi connectivity index (χ0v) is 24.1. The molecule has 0 amide bonds. The van der Waals surface area contributed by atoms with E-state index in [-0.39, 0.29) is 0 Å². The lowest BCUT2D eigenvalue weighted by atomic mass is 9.91. The Balaban J connectivity index is 1.09. The number of furan rings is 2. The van der Waals surface area contributed by atoms with Crippen LogP contribution in [0, 0.1) is 0 Å². The first-order valence-electron chi connectivity index (χ1n) is 15.2. The van der Waals surface area contributed by atoms with Crippen molar-refractivity contribution in [3.63, 3.8) is 0 Å². The van der Waals surface area contributed by atoms with E-state index in [0.717, 1.165) is 99.9 Å². The van der Waals surface area contributed by atoms with E-state index in [1.807, 2.05) is 24.3 Å². The van der Waals surface area contributed by atoms with E-state index in [0.29, 0.717) is 0 Å². The van der Waals surface area contributed by atoms with Crippen LogP contribution in [-0.2, 0) is 0 Å². The van der Waals surface area contributed by atoms with Crippen molar-refractivity contribution < 1.29 is 13.6 Å². The minimum Gasteiger partial charge on any atom is -0.456 e. The fraction of sp³-hybridized carbons (Fsp3) is 0. The highest BCUT2D eigenvalue weighted by Crippen LogP contribution is 2.49. The Morgan fingerprint density at radius 2 is 0.689 bits per heavy atom. The maximum Gasteiger partial charge on any atom is 0.136 e. The summed E-state index contributed by atoms with van der Waals surface area (Å²) in [7, 11) is 0. The van der Waals surface area contributed by atoms with Gasteiger partial charge in [-0.05, 0) is 94.0 Å². The van der Waals surface area contributed by atoms with Gasteiger partial charge in [0.2, 0.25) is 0 Å². The van der Waals surface area contributed by atoms with Gasteiger partial charge in [0, 0.05) is 32.7 Å². The van der Waals surface area contributed by atoms with Crippen molar-refractivity contribution in [1.82, 2.24) is 0 Å². The van der Waals surface area contributed by atoms with Gasteiger partial charge in [-0.3, -0.25) is 0 Å². The number of rotatable bonds is 2. The maximum atomic E-state index is 6.65. The molecule has 0 aliphatic carbocycles. The van der Waals surface area contributed by atoms with Crippen molar-refractivity contribution in [2.75, 3.05) is 0 Å². The van der Waals surface area contributed by atoms with Crippen molar-refractivity contribution in [2.24, 2.45) is 0 Å². The van der Waals surface area contributed by atoms with Crippen LogP contribution >= 0.6 is 0 Å². The zero-order valence-electron chi connectivity index (χ0n) is 24.1. The highest BCUT2D eigenvalue weighted by Gasteiger charge is 2.22. The van der Waals surface area contributed by atoms with E-state index < -0.39 is 0 Å². The molecule has 1 aliphatic rings. The van der Waals surface area contributed by atoms with E-state index in [9.17, 15) is 0 Å². The van der Waals surface area contributed by atoms with Crippen molar-refractivity contribution in [3.8, 4) is 56.0 Å². The average Bonchev–Trinajstić information content (AvgIpc) is 3.62. The quantitative estimate of drug-likeness (QED) is 0.205. The summed E-state index contributed by atoms with van der Waals surface area (Å²) < 4.78 is 19.1. The van der Waals surface area contributed by atoms with Gasteiger partial charge < -0.3 is 13.6 Å². The summed E-state index contributed by atoms with van der Waals surface area (Å²) in [5.41, 5.74) is 12.4. The molecule has 0 saturated carbocycles. The Morgan fingerprint density at radius 1 is 0.289 bits per heavy atom. The Hall–Kier alpha value is -6.06. The lowest BCUT2D eigenvalue weighted by Gasteiger charge is -2.12. The number of hydrogen-bond donors (Lipinski definition) is 0. The molecule has 9 aromatic rings. The number of fused-ring (bicyclic) bond motifs is 11. The molecule has 3 heteroatoms. The third-order valence-electron chi connectivity index (χ3n) is 9.11. The molecule has 0 unspecified atom stereocenters. The molecule has 0 radical (unpaired) electrons. The lowest BCUT2D eigenvalue weighted by Crippen LogP contribution is -1.88. The monoisotopic (exact) mass is 576 g/mol. The van der Waals surface area contributed by atoms with Gasteiger partial charge in [-0.2, -0.15) is 0 Å². The molecule has 10 rings (SSSR count). The van der Waals surface area contributed by atoms with E-state index in [4.69, 9.17) is 13.6 Å². The summed E-state index contributed by atoms with van der Waals surface area (Å²) >= 11 is 0. The average molecular weight is 577 g/mol. The van der Waals surface area contributed by atoms with Crippen molar-refractivity contribution >= 4 is 43.9 Å². The van der Waals surface area contributed by atoms with E-state index in [2.05, 4.69) is 121 Å². The molecule has 3 nitrogen and oxygen atoms in total. The summed E-state index contributed by atoms with van der Waals surface area (Å²) in [4.78, 5) is 0. The lowest BCUT2D eigenvalue weighted by molar-refractivity contribution is 0.488. The summed E-state index contributed by atoms with van der Waals surface area (Å²) in [5, 5.41) is 4.53. The van der Waals surface area contributed by atoms with Crippen LogP contribution in [0.1, 0.15) is 0 Å². The second-order valence-corrected chi connectivity index (χ2v) is 11.7. The molecule has 45 heavy (non-hydrogen) atoms. The van der Waals surface area contributed by atoms with Crippen molar-refractivity contribution in [3.05, 3.63) is 146 Å². The first-order valence-corrected chi connectivity index (χ1v) is 15.2. The standard InChI is InChI=1S/C42H24O3/c1-2-8-30-29(7-1)35-21-25(27-13-17-33-31-9-3-5-11-37(31)44-41(33)23-27)15-19-39(35)43-40-20-16-26(22-36(30)40)28-14-18-34-32-10-4-6-12-38(32)45-42(34)24-28/h1-24H. The molecule has 2 aromatic heterocycles. The van der Waals surface area contributed by atoms with Gasteiger partial charge in [-0.25, -0.2) is 0 Å². The molecular weight excluding hydrogens is 552 g/mol. The normalized spacial score (nSPS) is 12.2. The maximum absolute atomic E-state index is 6.65. The molecule has 0 atom stereocenters. The molecule has 0 fully saturated rings. The minimum absolute atomic E-state index is 0.839. The SMILES string of the molecule is c1ccc2c(c1)-c1cc(-c3ccc4c(c3)oc3ccccc34)ccc1Oc1ccc(-c3ccc4c(c3)oc3ccccc34)cc1-2. The Labute approximate surface area is 258 Å². The van der Waals surface area contributed by atoms with E-state index in [1.54, 1.807) is 0 Å². The molecule has 0 spiro atoms. The molecular formula is C42H24O3. The second kappa shape index (κ2) is 9.22. The Bertz CT molecular complexity index is 2450. The van der Waals surface area contributed by atoms with Gasteiger partial charge in [0.1, 0.15) is 33.8 Å². The largest absolute Gasteiger partial charge is 0.456 e. The highest BCUT2D eigenvalue weighted by atomic mass is 16.5. The number of ether oxygens (including phenoxy) is 1. The van der Waals surface area contributed by atoms with Crippen LogP contribution in [0.4, 0.5) is 0 Å². The fourth-order valence-electron chi connectivity index (χ4n) is 6.90. The molecule has 0 saturated heterocycles. The highest BCUT2D eigenvalue weighted by molar-refractivity contribution is 6.07. The summed E-state index contributed by atoms with van der Waals surface area (Å²) in [5.74, 6) is 1.68. The predicted octanol–water partition coefficient (Wildman–Crippen LogP) is 12.3. The molecule has 1 aliphatic heterocycles. The second-order valence-electron chi connectivity index (χ2n) is 11.7. The van der Waals surface area contributed by atoms with Gasteiger partial charge in [0.25, 0.3) is 0 Å².